The predicted octanol–water partition coefficient (Wildman–Crippen LogP) is 4.50. The maximum Gasteiger partial charge on any atom is 0.172 e. The van der Waals surface area contributed by atoms with E-state index in [0.29, 0.717) is 23.7 Å². The summed E-state index contributed by atoms with van der Waals surface area (Å²) < 4.78 is 7.54. The molecular formula is C21H19N3O2. The maximum atomic E-state index is 10.4. The van der Waals surface area contributed by atoms with Crippen molar-refractivity contribution in [1.29, 1.82) is 0 Å². The van der Waals surface area contributed by atoms with E-state index in [2.05, 4.69) is 28.4 Å². The third kappa shape index (κ3) is 2.67. The summed E-state index contributed by atoms with van der Waals surface area (Å²) in [4.78, 5) is 0. The lowest BCUT2D eigenvalue weighted by Crippen LogP contribution is -2.01. The normalized spacial score (nSPS) is 11.0. The second kappa shape index (κ2) is 6.52. The van der Waals surface area contributed by atoms with Crippen molar-refractivity contribution in [3.63, 3.8) is 0 Å². The lowest BCUT2D eigenvalue weighted by molar-refractivity contribution is 0.339. The number of fused-ring (bicyclic) bond motifs is 1. The molecule has 0 amide bonds. The van der Waals surface area contributed by atoms with E-state index in [1.54, 1.807) is 18.2 Å². The molecule has 1 aromatic heterocycles. The van der Waals surface area contributed by atoms with E-state index >= 15 is 0 Å². The molecule has 3 aromatic carbocycles. The molecule has 26 heavy (non-hydrogen) atoms. The zero-order chi connectivity index (χ0) is 18.1. The SMILES string of the molecule is CCOc1ccc(O)c(-c2nnc(C)n2-c2cccc3ccccc23)c1. The number of ether oxygens (including phenoxy) is 1. The number of aromatic hydroxyl groups is 1. The van der Waals surface area contributed by atoms with Crippen LogP contribution in [-0.2, 0) is 0 Å². The van der Waals surface area contributed by atoms with Crippen molar-refractivity contribution in [2.75, 3.05) is 6.61 Å². The van der Waals surface area contributed by atoms with Gasteiger partial charge in [0.25, 0.3) is 0 Å². The summed E-state index contributed by atoms with van der Waals surface area (Å²) >= 11 is 0. The molecule has 0 unspecified atom stereocenters. The van der Waals surface area contributed by atoms with Crippen molar-refractivity contribution in [2.45, 2.75) is 13.8 Å². The highest BCUT2D eigenvalue weighted by Gasteiger charge is 2.18. The smallest absolute Gasteiger partial charge is 0.172 e. The number of aromatic nitrogens is 3. The molecule has 0 saturated heterocycles. The second-order valence-electron chi connectivity index (χ2n) is 6.02. The third-order valence-corrected chi connectivity index (χ3v) is 4.35. The van der Waals surface area contributed by atoms with Crippen molar-refractivity contribution in [3.05, 3.63) is 66.5 Å². The quantitative estimate of drug-likeness (QED) is 0.591. The van der Waals surface area contributed by atoms with Crippen LogP contribution in [0.1, 0.15) is 12.7 Å². The molecule has 0 fully saturated rings. The molecule has 4 rings (SSSR count). The van der Waals surface area contributed by atoms with Crippen LogP contribution < -0.4 is 4.74 Å². The van der Waals surface area contributed by atoms with Gasteiger partial charge in [-0.1, -0.05) is 36.4 Å². The number of nitrogens with zero attached hydrogens (tertiary/aromatic N) is 3. The average Bonchev–Trinajstić information content (AvgIpc) is 3.04. The molecule has 130 valence electrons. The van der Waals surface area contributed by atoms with Gasteiger partial charge in [0.15, 0.2) is 5.82 Å². The van der Waals surface area contributed by atoms with Gasteiger partial charge >= 0.3 is 0 Å². The van der Waals surface area contributed by atoms with E-state index < -0.39 is 0 Å². The highest BCUT2D eigenvalue weighted by molar-refractivity contribution is 5.91. The minimum atomic E-state index is 0.141. The van der Waals surface area contributed by atoms with Crippen molar-refractivity contribution in [2.24, 2.45) is 0 Å². The van der Waals surface area contributed by atoms with Crippen LogP contribution in [0.3, 0.4) is 0 Å². The molecule has 5 nitrogen and oxygen atoms in total. The van der Waals surface area contributed by atoms with Gasteiger partial charge in [-0.2, -0.15) is 0 Å². The molecule has 1 heterocycles. The fourth-order valence-corrected chi connectivity index (χ4v) is 3.18. The minimum absolute atomic E-state index is 0.141. The van der Waals surface area contributed by atoms with Crippen molar-refractivity contribution < 1.29 is 9.84 Å². The molecule has 0 atom stereocenters. The Morgan fingerprint density at radius 2 is 1.81 bits per heavy atom. The Morgan fingerprint density at radius 3 is 2.65 bits per heavy atom. The lowest BCUT2D eigenvalue weighted by atomic mass is 10.1. The van der Waals surface area contributed by atoms with Crippen LogP contribution in [0.15, 0.2) is 60.7 Å². The van der Waals surface area contributed by atoms with Gasteiger partial charge in [-0.25, -0.2) is 0 Å². The molecule has 5 heteroatoms. The summed E-state index contributed by atoms with van der Waals surface area (Å²) in [7, 11) is 0. The Morgan fingerprint density at radius 1 is 1.00 bits per heavy atom. The lowest BCUT2D eigenvalue weighted by Gasteiger charge is -2.13. The first-order chi connectivity index (χ1) is 12.7. The topological polar surface area (TPSA) is 60.2 Å². The van der Waals surface area contributed by atoms with Gasteiger partial charge in [0.1, 0.15) is 17.3 Å². The summed E-state index contributed by atoms with van der Waals surface area (Å²) in [6, 6.07) is 19.5. The van der Waals surface area contributed by atoms with Crippen LogP contribution in [0, 0.1) is 6.92 Å². The number of hydrogen-bond acceptors (Lipinski definition) is 4. The summed E-state index contributed by atoms with van der Waals surface area (Å²) in [5.74, 6) is 2.16. The number of rotatable bonds is 4. The van der Waals surface area contributed by atoms with Gasteiger partial charge in [0, 0.05) is 5.39 Å². The Bertz CT molecular complexity index is 1080. The molecule has 0 aliphatic rings. The van der Waals surface area contributed by atoms with Gasteiger partial charge in [-0.15, -0.1) is 10.2 Å². The first kappa shape index (κ1) is 16.1. The summed E-state index contributed by atoms with van der Waals surface area (Å²) in [6.45, 7) is 4.39. The number of phenols is 1. The highest BCUT2D eigenvalue weighted by Crippen LogP contribution is 2.34. The molecule has 0 spiro atoms. The number of aryl methyl sites for hydroxylation is 1. The molecule has 0 aliphatic heterocycles. The first-order valence-corrected chi connectivity index (χ1v) is 8.55. The Balaban J connectivity index is 1.96. The van der Waals surface area contributed by atoms with Crippen LogP contribution in [0.4, 0.5) is 0 Å². The van der Waals surface area contributed by atoms with Crippen LogP contribution in [-0.4, -0.2) is 26.5 Å². The molecule has 0 radical (unpaired) electrons. The van der Waals surface area contributed by atoms with E-state index in [1.165, 1.54) is 0 Å². The summed E-state index contributed by atoms with van der Waals surface area (Å²) in [5, 5.41) is 21.2. The zero-order valence-corrected chi connectivity index (χ0v) is 14.7. The average molecular weight is 345 g/mol. The number of phenolic OH excluding ortho intramolecular Hbond substituents is 1. The summed E-state index contributed by atoms with van der Waals surface area (Å²) in [5.41, 5.74) is 1.56. The third-order valence-electron chi connectivity index (χ3n) is 4.35. The van der Waals surface area contributed by atoms with Gasteiger partial charge < -0.3 is 9.84 Å². The molecule has 0 aliphatic carbocycles. The Kier molecular flexibility index (Phi) is 4.05. The number of benzene rings is 3. The molecule has 0 bridgehead atoms. The van der Waals surface area contributed by atoms with Gasteiger partial charge in [0.2, 0.25) is 0 Å². The van der Waals surface area contributed by atoms with Gasteiger partial charge in [0.05, 0.1) is 17.9 Å². The standard InChI is InChI=1S/C21H19N3O2/c1-3-26-16-11-12-20(25)18(13-16)21-23-22-14(2)24(21)19-10-6-8-15-7-4-5-9-17(15)19/h4-13,25H,3H2,1-2H3. The fraction of sp³-hybridized carbons (Fsp3) is 0.143. The molecule has 1 N–H and O–H groups in total. The summed E-state index contributed by atoms with van der Waals surface area (Å²) in [6.07, 6.45) is 0. The monoisotopic (exact) mass is 345 g/mol. The number of hydrogen-bond donors (Lipinski definition) is 1. The molecule has 0 saturated carbocycles. The first-order valence-electron chi connectivity index (χ1n) is 8.55. The molecule has 4 aromatic rings. The van der Waals surface area contributed by atoms with E-state index in [0.717, 1.165) is 22.3 Å². The van der Waals surface area contributed by atoms with E-state index in [9.17, 15) is 5.11 Å². The fourth-order valence-electron chi connectivity index (χ4n) is 3.18. The van der Waals surface area contributed by atoms with Crippen LogP contribution >= 0.6 is 0 Å². The molecular weight excluding hydrogens is 326 g/mol. The predicted molar refractivity (Wildman–Crippen MR) is 102 cm³/mol. The maximum absolute atomic E-state index is 10.4. The van der Waals surface area contributed by atoms with Crippen LogP contribution in [0.2, 0.25) is 0 Å². The van der Waals surface area contributed by atoms with Gasteiger partial charge in [-0.3, -0.25) is 4.57 Å². The van der Waals surface area contributed by atoms with Crippen LogP contribution in [0.5, 0.6) is 11.5 Å². The van der Waals surface area contributed by atoms with Gasteiger partial charge in [-0.05, 0) is 43.5 Å². The van der Waals surface area contributed by atoms with Crippen molar-refractivity contribution >= 4 is 10.8 Å². The largest absolute Gasteiger partial charge is 0.507 e. The van der Waals surface area contributed by atoms with Crippen molar-refractivity contribution in [3.8, 4) is 28.6 Å². The van der Waals surface area contributed by atoms with Crippen LogP contribution in [0.25, 0.3) is 27.8 Å². The minimum Gasteiger partial charge on any atom is -0.507 e. The highest BCUT2D eigenvalue weighted by atomic mass is 16.5. The Labute approximate surface area is 151 Å². The Hall–Kier alpha value is -3.34. The van der Waals surface area contributed by atoms with E-state index in [-0.39, 0.29) is 5.75 Å². The van der Waals surface area contributed by atoms with E-state index in [1.807, 2.05) is 42.7 Å². The second-order valence-corrected chi connectivity index (χ2v) is 6.02. The zero-order valence-electron chi connectivity index (χ0n) is 14.7. The van der Waals surface area contributed by atoms with Crippen molar-refractivity contribution in [1.82, 2.24) is 14.8 Å². The van der Waals surface area contributed by atoms with E-state index in [4.69, 9.17) is 4.74 Å².